The van der Waals surface area contributed by atoms with Gasteiger partial charge in [-0.3, -0.25) is 24.2 Å². The second-order valence-electron chi connectivity index (χ2n) is 8.47. The summed E-state index contributed by atoms with van der Waals surface area (Å²) in [6.07, 6.45) is 2.07. The molecule has 9 nitrogen and oxygen atoms in total. The molecule has 0 atom stereocenters. The van der Waals surface area contributed by atoms with Crippen LogP contribution in [-0.4, -0.2) is 72.9 Å². The molecular formula is C24H24N4O5S. The van der Waals surface area contributed by atoms with Crippen LogP contribution in [0.15, 0.2) is 59.6 Å². The van der Waals surface area contributed by atoms with Gasteiger partial charge in [0.15, 0.2) is 5.78 Å². The van der Waals surface area contributed by atoms with Crippen molar-refractivity contribution in [1.29, 1.82) is 0 Å². The third kappa shape index (κ3) is 4.04. The van der Waals surface area contributed by atoms with Gasteiger partial charge in [-0.2, -0.15) is 4.31 Å². The van der Waals surface area contributed by atoms with E-state index in [4.69, 9.17) is 0 Å². The second kappa shape index (κ2) is 8.79. The lowest BCUT2D eigenvalue weighted by Gasteiger charge is -2.33. The topological polar surface area (TPSA) is 111 Å². The summed E-state index contributed by atoms with van der Waals surface area (Å²) in [5.41, 5.74) is 1.93. The van der Waals surface area contributed by atoms with Crippen molar-refractivity contribution in [3.8, 4) is 0 Å². The molecule has 0 saturated carbocycles. The number of carbonyl (C=O) groups is 3. The molecule has 2 aromatic carbocycles. The van der Waals surface area contributed by atoms with Crippen LogP contribution < -0.4 is 4.90 Å². The summed E-state index contributed by atoms with van der Waals surface area (Å²) >= 11 is 0. The highest BCUT2D eigenvalue weighted by molar-refractivity contribution is 7.89. The van der Waals surface area contributed by atoms with Gasteiger partial charge >= 0.3 is 0 Å². The van der Waals surface area contributed by atoms with Crippen molar-refractivity contribution >= 4 is 44.2 Å². The van der Waals surface area contributed by atoms with Crippen LogP contribution in [0.3, 0.4) is 0 Å². The van der Waals surface area contributed by atoms with Gasteiger partial charge < -0.3 is 4.98 Å². The van der Waals surface area contributed by atoms with Crippen molar-refractivity contribution in [2.45, 2.75) is 17.7 Å². The number of hydrogen-bond donors (Lipinski definition) is 1. The lowest BCUT2D eigenvalue weighted by molar-refractivity contribution is -0.121. The molecule has 2 amide bonds. The van der Waals surface area contributed by atoms with Gasteiger partial charge in [-0.05, 0) is 30.3 Å². The number of anilines is 1. The van der Waals surface area contributed by atoms with E-state index in [-0.39, 0.29) is 55.0 Å². The molecule has 2 aliphatic rings. The first kappa shape index (κ1) is 22.5. The highest BCUT2D eigenvalue weighted by Crippen LogP contribution is 2.26. The first-order valence-corrected chi connectivity index (χ1v) is 12.6. The number of nitrogens with zero attached hydrogens (tertiary/aromatic N) is 3. The van der Waals surface area contributed by atoms with Crippen molar-refractivity contribution in [3.05, 3.63) is 60.3 Å². The van der Waals surface area contributed by atoms with E-state index in [1.807, 2.05) is 29.2 Å². The van der Waals surface area contributed by atoms with E-state index in [2.05, 4.69) is 4.98 Å². The summed E-state index contributed by atoms with van der Waals surface area (Å²) < 4.78 is 27.6. The summed E-state index contributed by atoms with van der Waals surface area (Å²) in [6, 6.07) is 13.5. The second-order valence-corrected chi connectivity index (χ2v) is 10.4. The normalized spacial score (nSPS) is 18.2. The highest BCUT2D eigenvalue weighted by atomic mass is 32.2. The number of aromatic nitrogens is 1. The highest BCUT2D eigenvalue weighted by Gasteiger charge is 2.32. The molecule has 10 heteroatoms. The molecule has 2 aliphatic heterocycles. The zero-order chi connectivity index (χ0) is 23.9. The fourth-order valence-corrected chi connectivity index (χ4v) is 5.92. The number of para-hydroxylation sites is 1. The third-order valence-corrected chi connectivity index (χ3v) is 8.29. The Morgan fingerprint density at radius 3 is 2.21 bits per heavy atom. The molecule has 2 fully saturated rings. The maximum Gasteiger partial charge on any atom is 0.243 e. The van der Waals surface area contributed by atoms with Crippen molar-refractivity contribution in [1.82, 2.24) is 14.2 Å². The van der Waals surface area contributed by atoms with E-state index in [0.29, 0.717) is 24.3 Å². The predicted octanol–water partition coefficient (Wildman–Crippen LogP) is 2.01. The summed E-state index contributed by atoms with van der Waals surface area (Å²) in [7, 11) is -3.72. The van der Waals surface area contributed by atoms with Gasteiger partial charge in [0.05, 0.1) is 17.1 Å². The minimum atomic E-state index is -3.72. The van der Waals surface area contributed by atoms with Gasteiger partial charge in [0.1, 0.15) is 0 Å². The zero-order valence-corrected chi connectivity index (χ0v) is 19.3. The molecule has 3 heterocycles. The first-order valence-electron chi connectivity index (χ1n) is 11.1. The molecule has 0 radical (unpaired) electrons. The van der Waals surface area contributed by atoms with Crippen molar-refractivity contribution in [2.24, 2.45) is 0 Å². The molecule has 3 aromatic rings. The number of sulfonamides is 1. The number of imide groups is 1. The number of piperazine rings is 1. The molecule has 34 heavy (non-hydrogen) atoms. The number of rotatable bonds is 6. The van der Waals surface area contributed by atoms with Crippen LogP contribution in [0.2, 0.25) is 0 Å². The Balaban J connectivity index is 1.22. The Kier molecular flexibility index (Phi) is 5.80. The molecule has 0 bridgehead atoms. The third-order valence-electron chi connectivity index (χ3n) is 6.37. The van der Waals surface area contributed by atoms with Crippen molar-refractivity contribution < 1.29 is 22.8 Å². The number of hydrogen-bond acceptors (Lipinski definition) is 6. The Hall–Kier alpha value is -3.34. The van der Waals surface area contributed by atoms with Crippen LogP contribution in [0.1, 0.15) is 23.2 Å². The molecule has 0 unspecified atom stereocenters. The average Bonchev–Trinajstić information content (AvgIpc) is 3.42. The van der Waals surface area contributed by atoms with E-state index in [1.165, 1.54) is 28.6 Å². The zero-order valence-electron chi connectivity index (χ0n) is 18.4. The number of amides is 2. The maximum absolute atomic E-state index is 13.1. The molecule has 176 valence electrons. The number of H-pyrrole nitrogens is 1. The number of carbonyl (C=O) groups excluding carboxylic acids is 3. The number of fused-ring (bicyclic) bond motifs is 1. The summed E-state index contributed by atoms with van der Waals surface area (Å²) in [5.74, 6) is -0.562. The van der Waals surface area contributed by atoms with Gasteiger partial charge in [0, 0.05) is 61.7 Å². The monoisotopic (exact) mass is 480 g/mol. The standard InChI is InChI=1S/C24H24N4O5S/c29-22(20-15-25-21-4-2-1-3-19(20)21)16-26-11-13-27(14-12-26)34(32,33)18-7-5-17(6-8-18)28-23(30)9-10-24(28)31/h1-8,15,25H,9-14,16H2. The minimum Gasteiger partial charge on any atom is -0.360 e. The summed E-state index contributed by atoms with van der Waals surface area (Å²) in [4.78, 5) is 42.9. The van der Waals surface area contributed by atoms with Crippen LogP contribution in [0.5, 0.6) is 0 Å². The SMILES string of the molecule is O=C(CN1CCN(S(=O)(=O)c2ccc(N3C(=O)CCC3=O)cc2)CC1)c1c[nH]c2ccccc12. The van der Waals surface area contributed by atoms with E-state index in [9.17, 15) is 22.8 Å². The number of ketones is 1. The van der Waals surface area contributed by atoms with Crippen molar-refractivity contribution in [3.63, 3.8) is 0 Å². The summed E-state index contributed by atoms with van der Waals surface area (Å²) in [6.45, 7) is 1.66. The van der Waals surface area contributed by atoms with Crippen LogP contribution in [0.4, 0.5) is 5.69 Å². The van der Waals surface area contributed by atoms with Gasteiger partial charge in [-0.1, -0.05) is 18.2 Å². The van der Waals surface area contributed by atoms with E-state index < -0.39 is 10.0 Å². The van der Waals surface area contributed by atoms with Crippen LogP contribution >= 0.6 is 0 Å². The number of Topliss-reactive ketones (excluding diaryl/α,β-unsaturated/α-hetero) is 1. The Morgan fingerprint density at radius 2 is 1.53 bits per heavy atom. The van der Waals surface area contributed by atoms with Gasteiger partial charge in [-0.15, -0.1) is 0 Å². The molecule has 0 spiro atoms. The Morgan fingerprint density at radius 1 is 0.882 bits per heavy atom. The molecule has 1 aromatic heterocycles. The van der Waals surface area contributed by atoms with Gasteiger partial charge in [-0.25, -0.2) is 8.42 Å². The smallest absolute Gasteiger partial charge is 0.243 e. The molecule has 5 rings (SSSR count). The molecule has 2 saturated heterocycles. The number of benzene rings is 2. The van der Waals surface area contributed by atoms with Crippen LogP contribution in [-0.2, 0) is 19.6 Å². The summed E-state index contributed by atoms with van der Waals surface area (Å²) in [5, 5.41) is 0.884. The Bertz CT molecular complexity index is 1360. The molecule has 1 N–H and O–H groups in total. The lowest BCUT2D eigenvalue weighted by atomic mass is 10.1. The van der Waals surface area contributed by atoms with Crippen LogP contribution in [0, 0.1) is 0 Å². The van der Waals surface area contributed by atoms with E-state index >= 15 is 0 Å². The minimum absolute atomic E-state index is 0.00430. The lowest BCUT2D eigenvalue weighted by Crippen LogP contribution is -2.49. The molecular weight excluding hydrogens is 456 g/mol. The Labute approximate surface area is 197 Å². The van der Waals surface area contributed by atoms with Crippen LogP contribution in [0.25, 0.3) is 10.9 Å². The van der Waals surface area contributed by atoms with E-state index in [1.54, 1.807) is 6.20 Å². The first-order chi connectivity index (χ1) is 16.3. The quantitative estimate of drug-likeness (QED) is 0.427. The van der Waals surface area contributed by atoms with Gasteiger partial charge in [0.25, 0.3) is 0 Å². The number of aromatic amines is 1. The van der Waals surface area contributed by atoms with E-state index in [0.717, 1.165) is 15.8 Å². The predicted molar refractivity (Wildman–Crippen MR) is 126 cm³/mol. The van der Waals surface area contributed by atoms with Gasteiger partial charge in [0.2, 0.25) is 21.8 Å². The molecule has 0 aliphatic carbocycles. The fourth-order valence-electron chi connectivity index (χ4n) is 4.50. The number of nitrogens with one attached hydrogen (secondary N) is 1. The largest absolute Gasteiger partial charge is 0.360 e. The van der Waals surface area contributed by atoms with Crippen molar-refractivity contribution in [2.75, 3.05) is 37.6 Å². The fraction of sp³-hybridized carbons (Fsp3) is 0.292. The average molecular weight is 481 g/mol. The maximum atomic E-state index is 13.1.